The molecule has 0 saturated heterocycles. The summed E-state index contributed by atoms with van der Waals surface area (Å²) >= 11 is 4.55. The highest BCUT2D eigenvalue weighted by Crippen LogP contribution is 2.30. The van der Waals surface area contributed by atoms with Gasteiger partial charge in [0.15, 0.2) is 5.69 Å². The second kappa shape index (κ2) is 6.76. The molecule has 0 bridgehead atoms. The van der Waals surface area contributed by atoms with Crippen molar-refractivity contribution in [2.24, 2.45) is 0 Å². The number of rotatable bonds is 5. The molecule has 20 heavy (non-hydrogen) atoms. The molecule has 0 aliphatic rings. The second-order valence-corrected chi connectivity index (χ2v) is 6.34. The predicted molar refractivity (Wildman–Crippen MR) is 81.7 cm³/mol. The first-order valence-corrected chi connectivity index (χ1v) is 8.92. The third-order valence-corrected chi connectivity index (χ3v) is 4.76. The lowest BCUT2D eigenvalue weighted by atomic mass is 10.1. The Hall–Kier alpha value is -0.820. The van der Waals surface area contributed by atoms with Crippen LogP contribution in [0.2, 0.25) is 0 Å². The van der Waals surface area contributed by atoms with Crippen LogP contribution in [0, 0.1) is 0 Å². The first-order valence-electron chi connectivity index (χ1n) is 5.80. The molecule has 2 rings (SSSR count). The van der Waals surface area contributed by atoms with Gasteiger partial charge in [-0.05, 0) is 38.2 Å². The van der Waals surface area contributed by atoms with Crippen LogP contribution in [0.4, 0.5) is 0 Å². The summed E-state index contributed by atoms with van der Waals surface area (Å²) in [5.41, 5.74) is 0.555. The van der Waals surface area contributed by atoms with Gasteiger partial charge >= 0.3 is 5.97 Å². The molecule has 0 radical (unpaired) electrons. The van der Waals surface area contributed by atoms with Crippen LogP contribution in [0.5, 0.6) is 0 Å². The normalized spacial score (nSPS) is 13.0. The Balaban J connectivity index is 2.38. The zero-order chi connectivity index (χ0) is 14.7. The van der Waals surface area contributed by atoms with E-state index in [0.29, 0.717) is 23.9 Å². The quantitative estimate of drug-likeness (QED) is 0.639. The van der Waals surface area contributed by atoms with Gasteiger partial charge in [0.1, 0.15) is 15.7 Å². The minimum atomic E-state index is -0.990. The lowest BCUT2D eigenvalue weighted by Gasteiger charge is -2.06. The van der Waals surface area contributed by atoms with Crippen molar-refractivity contribution in [3.63, 3.8) is 0 Å². The number of halogens is 1. The maximum atomic E-state index is 11.9. The van der Waals surface area contributed by atoms with E-state index in [4.69, 9.17) is 4.74 Å². The molecule has 0 aliphatic heterocycles. The van der Waals surface area contributed by atoms with E-state index >= 15 is 0 Å². The van der Waals surface area contributed by atoms with Crippen LogP contribution in [-0.2, 0) is 4.74 Å². The molecule has 0 amide bonds. The summed E-state index contributed by atoms with van der Waals surface area (Å²) in [7, 11) is 0.358. The van der Waals surface area contributed by atoms with Crippen molar-refractivity contribution in [3.8, 4) is 0 Å². The van der Waals surface area contributed by atoms with E-state index in [9.17, 15) is 9.90 Å². The van der Waals surface area contributed by atoms with E-state index in [1.165, 1.54) is 11.3 Å². The lowest BCUT2D eigenvalue weighted by molar-refractivity contribution is 0.0514. The largest absolute Gasteiger partial charge is 0.461 e. The summed E-state index contributed by atoms with van der Waals surface area (Å²) in [5, 5.41) is 16.8. The van der Waals surface area contributed by atoms with Crippen molar-refractivity contribution in [2.45, 2.75) is 13.0 Å². The summed E-state index contributed by atoms with van der Waals surface area (Å²) in [4.78, 5) is 16.1. The van der Waals surface area contributed by atoms with Crippen molar-refractivity contribution in [1.29, 1.82) is 0 Å². The first-order chi connectivity index (χ1) is 9.56. The molecule has 2 atom stereocenters. The molecule has 2 unspecified atom stereocenters. The molecule has 0 saturated carbocycles. The summed E-state index contributed by atoms with van der Waals surface area (Å²) in [5.74, 6) is -0.533. The van der Waals surface area contributed by atoms with Gasteiger partial charge in [-0.2, -0.15) is 5.10 Å². The van der Waals surface area contributed by atoms with E-state index < -0.39 is 12.1 Å². The second-order valence-electron chi connectivity index (χ2n) is 3.73. The first kappa shape index (κ1) is 15.6. The van der Waals surface area contributed by atoms with Crippen LogP contribution in [0.3, 0.4) is 0 Å². The number of hydrogen-bond acceptors (Lipinski definition) is 6. The van der Waals surface area contributed by atoms with Gasteiger partial charge in [0.25, 0.3) is 0 Å². The topological polar surface area (TPSA) is 77.2 Å². The van der Waals surface area contributed by atoms with Gasteiger partial charge in [-0.15, -0.1) is 11.3 Å². The summed E-state index contributed by atoms with van der Waals surface area (Å²) in [6.07, 6.45) is 0.667. The van der Waals surface area contributed by atoms with Crippen molar-refractivity contribution in [2.75, 3.05) is 13.3 Å². The molecule has 0 fully saturated rings. The number of ether oxygens (including phenoxy) is 1. The third-order valence-electron chi connectivity index (χ3n) is 2.46. The molecule has 1 N–H and O–H groups in total. The van der Waals surface area contributed by atoms with Crippen LogP contribution in [0.15, 0.2) is 16.2 Å². The van der Waals surface area contributed by atoms with Gasteiger partial charge in [0.05, 0.1) is 6.61 Å². The number of hydrogen-bond donors (Lipinski definition) is 1. The maximum absolute atomic E-state index is 11.9. The highest BCUT2D eigenvalue weighted by Gasteiger charge is 2.26. The Morgan fingerprint density at radius 2 is 2.45 bits per heavy atom. The van der Waals surface area contributed by atoms with E-state index in [2.05, 4.69) is 26.0 Å². The standard InChI is InChI=1S/C11H13BrN3O3PS/c1-3-18-11(17)8-6(4-15(14-8)19-2)9(16)10-13-7(12)5-20-10/h4-5,9,16,19H,3H2,1-2H3. The fourth-order valence-electron chi connectivity index (χ4n) is 1.59. The van der Waals surface area contributed by atoms with Crippen molar-refractivity contribution < 1.29 is 14.6 Å². The lowest BCUT2D eigenvalue weighted by Crippen LogP contribution is -2.11. The van der Waals surface area contributed by atoms with Crippen molar-refractivity contribution in [1.82, 2.24) is 14.5 Å². The van der Waals surface area contributed by atoms with E-state index in [0.717, 1.165) is 0 Å². The van der Waals surface area contributed by atoms with Crippen LogP contribution >= 0.6 is 36.0 Å². The number of carbonyl (C=O) groups is 1. The number of thiazole rings is 1. The molecule has 0 aliphatic carbocycles. The molecule has 2 heterocycles. The third kappa shape index (κ3) is 3.25. The highest BCUT2D eigenvalue weighted by atomic mass is 79.9. The number of aliphatic hydroxyl groups is 1. The number of esters is 1. The van der Waals surface area contributed by atoms with Crippen LogP contribution in [0.1, 0.15) is 34.1 Å². The van der Waals surface area contributed by atoms with Crippen molar-refractivity contribution >= 4 is 42.0 Å². The monoisotopic (exact) mass is 377 g/mol. The SMILES string of the molecule is CCOC(=O)c1nn(PC)cc1C(O)c1nc(Br)cs1. The molecule has 9 heteroatoms. The fraction of sp³-hybridized carbons (Fsp3) is 0.364. The average molecular weight is 378 g/mol. The molecule has 2 aromatic rings. The Morgan fingerprint density at radius 1 is 1.70 bits per heavy atom. The molecule has 2 aromatic heterocycles. The molecular formula is C11H13BrN3O3PS. The molecular weight excluding hydrogens is 365 g/mol. The Bertz CT molecular complexity index is 616. The molecule has 108 valence electrons. The number of carbonyl (C=O) groups excluding carboxylic acids is 1. The zero-order valence-electron chi connectivity index (χ0n) is 10.8. The van der Waals surface area contributed by atoms with E-state index in [-0.39, 0.29) is 12.3 Å². The van der Waals surface area contributed by atoms with E-state index in [1.807, 2.05) is 6.66 Å². The highest BCUT2D eigenvalue weighted by molar-refractivity contribution is 9.10. The Kier molecular flexibility index (Phi) is 5.26. The summed E-state index contributed by atoms with van der Waals surface area (Å²) in [6, 6.07) is 0. The average Bonchev–Trinajstić information content (AvgIpc) is 3.04. The Labute approximate surface area is 130 Å². The van der Waals surface area contributed by atoms with Gasteiger partial charge in [-0.25, -0.2) is 9.78 Å². The van der Waals surface area contributed by atoms with Gasteiger partial charge in [-0.1, -0.05) is 0 Å². The van der Waals surface area contributed by atoms with Gasteiger partial charge in [-0.3, -0.25) is 4.45 Å². The minimum Gasteiger partial charge on any atom is -0.461 e. The van der Waals surface area contributed by atoms with Gasteiger partial charge in [0.2, 0.25) is 0 Å². The van der Waals surface area contributed by atoms with Crippen LogP contribution in [0.25, 0.3) is 0 Å². The van der Waals surface area contributed by atoms with Crippen LogP contribution < -0.4 is 0 Å². The van der Waals surface area contributed by atoms with Crippen LogP contribution in [-0.4, -0.2) is 38.9 Å². The van der Waals surface area contributed by atoms with E-state index in [1.54, 1.807) is 23.0 Å². The number of aromatic nitrogens is 3. The van der Waals surface area contributed by atoms with Gasteiger partial charge in [0, 0.05) is 17.1 Å². The van der Waals surface area contributed by atoms with Gasteiger partial charge < -0.3 is 9.84 Å². The minimum absolute atomic E-state index is 0.139. The Morgan fingerprint density at radius 3 is 3.00 bits per heavy atom. The number of aliphatic hydroxyl groups excluding tert-OH is 1. The van der Waals surface area contributed by atoms with Crippen molar-refractivity contribution in [3.05, 3.63) is 32.4 Å². The fourth-order valence-corrected chi connectivity index (χ4v) is 3.32. The predicted octanol–water partition coefficient (Wildman–Crippen LogP) is 2.43. The smallest absolute Gasteiger partial charge is 0.359 e. The number of nitrogens with zero attached hydrogens (tertiary/aromatic N) is 3. The molecule has 6 nitrogen and oxygen atoms in total. The zero-order valence-corrected chi connectivity index (χ0v) is 14.2. The molecule has 0 spiro atoms. The summed E-state index contributed by atoms with van der Waals surface area (Å²) in [6.45, 7) is 3.92. The molecule has 0 aromatic carbocycles. The maximum Gasteiger partial charge on any atom is 0.359 e. The summed E-state index contributed by atoms with van der Waals surface area (Å²) < 4.78 is 7.24.